The quantitative estimate of drug-likeness (QED) is 0.709. The Labute approximate surface area is 91.7 Å². The Morgan fingerprint density at radius 2 is 2.12 bits per heavy atom. The molecule has 1 heterocycles. The Kier molecular flexibility index (Phi) is 2.38. The lowest BCUT2D eigenvalue weighted by Crippen LogP contribution is -2.29. The van der Waals surface area contributed by atoms with Gasteiger partial charge in [0.1, 0.15) is 5.56 Å². The number of nitrogens with two attached hydrogens (primary N) is 1. The Bertz CT molecular complexity index is 531. The first-order valence-corrected chi connectivity index (χ1v) is 5.08. The Morgan fingerprint density at radius 3 is 2.75 bits per heavy atom. The number of carbonyl (C=O) groups excluding carboxylic acids is 2. The van der Waals surface area contributed by atoms with Gasteiger partial charge in [0, 0.05) is 17.7 Å². The average molecular weight is 220 g/mol. The molecule has 1 aromatic rings. The van der Waals surface area contributed by atoms with Crippen LogP contribution in [-0.4, -0.2) is 16.7 Å². The van der Waals surface area contributed by atoms with Crippen LogP contribution in [0.4, 0.5) is 0 Å². The van der Waals surface area contributed by atoms with Crippen molar-refractivity contribution >= 4 is 11.7 Å². The lowest BCUT2D eigenvalue weighted by Gasteiger charge is -2.19. The fraction of sp³-hybridized carbons (Fsp3) is 0.364. The summed E-state index contributed by atoms with van der Waals surface area (Å²) in [5.74, 6) is -0.641. The van der Waals surface area contributed by atoms with Crippen molar-refractivity contribution in [2.24, 2.45) is 11.7 Å². The summed E-state index contributed by atoms with van der Waals surface area (Å²) in [6.45, 7) is 1.95. The number of aromatic amines is 1. The van der Waals surface area contributed by atoms with Crippen LogP contribution >= 0.6 is 0 Å². The second-order valence-corrected chi connectivity index (χ2v) is 4.21. The number of primary amides is 1. The van der Waals surface area contributed by atoms with Gasteiger partial charge in [-0.2, -0.15) is 0 Å². The number of pyridine rings is 1. The molecule has 16 heavy (non-hydrogen) atoms. The molecule has 2 rings (SSSR count). The highest BCUT2D eigenvalue weighted by Gasteiger charge is 2.24. The van der Waals surface area contributed by atoms with E-state index in [1.54, 1.807) is 0 Å². The van der Waals surface area contributed by atoms with Crippen LogP contribution in [0.15, 0.2) is 10.9 Å². The molecule has 0 radical (unpaired) electrons. The van der Waals surface area contributed by atoms with E-state index in [2.05, 4.69) is 4.98 Å². The van der Waals surface area contributed by atoms with Gasteiger partial charge in [0.05, 0.1) is 0 Å². The second kappa shape index (κ2) is 3.59. The molecule has 0 saturated carbocycles. The lowest BCUT2D eigenvalue weighted by molar-refractivity contribution is 0.0952. The zero-order valence-corrected chi connectivity index (χ0v) is 8.87. The zero-order valence-electron chi connectivity index (χ0n) is 8.87. The summed E-state index contributed by atoms with van der Waals surface area (Å²) in [5, 5.41) is 0. The van der Waals surface area contributed by atoms with Crippen molar-refractivity contribution < 1.29 is 9.59 Å². The number of rotatable bonds is 1. The highest BCUT2D eigenvalue weighted by atomic mass is 16.2. The predicted octanol–water partition coefficient (Wildman–Crippen LogP) is 0.239. The number of aromatic nitrogens is 1. The molecular formula is C11H12N2O3. The van der Waals surface area contributed by atoms with Gasteiger partial charge in [0.2, 0.25) is 0 Å². The molecular weight excluding hydrogens is 208 g/mol. The summed E-state index contributed by atoms with van der Waals surface area (Å²) in [5.41, 5.74) is 5.41. The molecule has 0 aliphatic heterocycles. The van der Waals surface area contributed by atoms with E-state index in [4.69, 9.17) is 5.73 Å². The zero-order chi connectivity index (χ0) is 11.9. The number of hydrogen-bond donors (Lipinski definition) is 2. The number of hydrogen-bond acceptors (Lipinski definition) is 3. The minimum atomic E-state index is -0.810. The maximum atomic E-state index is 11.7. The predicted molar refractivity (Wildman–Crippen MR) is 57.4 cm³/mol. The minimum Gasteiger partial charge on any atom is -0.365 e. The molecule has 0 fully saturated rings. The van der Waals surface area contributed by atoms with E-state index >= 15 is 0 Å². The molecule has 5 heteroatoms. The number of Topliss-reactive ketones (excluding diaryl/α,β-unsaturated/α-hetero) is 1. The van der Waals surface area contributed by atoms with Gasteiger partial charge in [-0.3, -0.25) is 14.4 Å². The standard InChI is InChI=1S/C11H12N2O3/c1-5-2-8-6(9(14)3-5)4-7(10(12)15)11(16)13-8/h4-5H,2-3H2,1H3,(H2,12,15)(H,13,16)/t5-/m0/s1. The first-order chi connectivity index (χ1) is 7.49. The largest absolute Gasteiger partial charge is 0.365 e. The average Bonchev–Trinajstić information content (AvgIpc) is 2.15. The monoisotopic (exact) mass is 220 g/mol. The Morgan fingerprint density at radius 1 is 1.44 bits per heavy atom. The molecule has 84 valence electrons. The van der Waals surface area contributed by atoms with E-state index < -0.39 is 11.5 Å². The Hall–Kier alpha value is -1.91. The summed E-state index contributed by atoms with van der Waals surface area (Å²) in [7, 11) is 0. The van der Waals surface area contributed by atoms with Crippen molar-refractivity contribution in [3.8, 4) is 0 Å². The van der Waals surface area contributed by atoms with Crippen molar-refractivity contribution in [2.45, 2.75) is 19.8 Å². The molecule has 1 amide bonds. The van der Waals surface area contributed by atoms with E-state index in [1.165, 1.54) is 6.07 Å². The van der Waals surface area contributed by atoms with Gasteiger partial charge in [-0.15, -0.1) is 0 Å². The van der Waals surface area contributed by atoms with E-state index in [0.29, 0.717) is 24.1 Å². The fourth-order valence-corrected chi connectivity index (χ4v) is 2.01. The second-order valence-electron chi connectivity index (χ2n) is 4.21. The van der Waals surface area contributed by atoms with Crippen molar-refractivity contribution in [1.82, 2.24) is 4.98 Å². The van der Waals surface area contributed by atoms with Crippen LogP contribution in [0, 0.1) is 5.92 Å². The smallest absolute Gasteiger partial charge is 0.261 e. The van der Waals surface area contributed by atoms with Crippen molar-refractivity contribution in [3.05, 3.63) is 33.2 Å². The summed E-state index contributed by atoms with van der Waals surface area (Å²) < 4.78 is 0. The maximum Gasteiger partial charge on any atom is 0.261 e. The van der Waals surface area contributed by atoms with Crippen molar-refractivity contribution in [2.75, 3.05) is 0 Å². The fourth-order valence-electron chi connectivity index (χ4n) is 2.01. The SMILES string of the molecule is C[C@@H]1CC(=O)c2cc(C(N)=O)c(=O)[nH]c2C1. The number of nitrogens with one attached hydrogen (secondary N) is 1. The van der Waals surface area contributed by atoms with Crippen LogP contribution in [0.2, 0.25) is 0 Å². The molecule has 0 unspecified atom stereocenters. The van der Waals surface area contributed by atoms with Crippen LogP contribution in [0.25, 0.3) is 0 Å². The van der Waals surface area contributed by atoms with Gasteiger partial charge >= 0.3 is 0 Å². The lowest BCUT2D eigenvalue weighted by atomic mass is 9.86. The Balaban J connectivity index is 2.62. The molecule has 0 bridgehead atoms. The van der Waals surface area contributed by atoms with Gasteiger partial charge in [-0.05, 0) is 18.4 Å². The van der Waals surface area contributed by atoms with Crippen LogP contribution in [-0.2, 0) is 6.42 Å². The van der Waals surface area contributed by atoms with Gasteiger partial charge in [0.25, 0.3) is 11.5 Å². The normalized spacial score (nSPS) is 19.3. The van der Waals surface area contributed by atoms with Crippen LogP contribution in [0.5, 0.6) is 0 Å². The third kappa shape index (κ3) is 1.64. The number of ketones is 1. The van der Waals surface area contributed by atoms with Gasteiger partial charge in [-0.1, -0.05) is 6.92 Å². The first-order valence-electron chi connectivity index (χ1n) is 5.08. The summed E-state index contributed by atoms with van der Waals surface area (Å²) in [4.78, 5) is 36.7. The van der Waals surface area contributed by atoms with Crippen LogP contribution in [0.3, 0.4) is 0 Å². The summed E-state index contributed by atoms with van der Waals surface area (Å²) in [6, 6.07) is 1.31. The highest BCUT2D eigenvalue weighted by Crippen LogP contribution is 2.23. The van der Waals surface area contributed by atoms with Crippen molar-refractivity contribution in [1.29, 1.82) is 0 Å². The minimum absolute atomic E-state index is 0.0486. The summed E-state index contributed by atoms with van der Waals surface area (Å²) in [6.07, 6.45) is 1.09. The topological polar surface area (TPSA) is 93.0 Å². The third-order valence-electron chi connectivity index (χ3n) is 2.78. The molecule has 1 aliphatic rings. The molecule has 0 saturated heterocycles. The van der Waals surface area contributed by atoms with Crippen LogP contribution in [0.1, 0.15) is 39.8 Å². The summed E-state index contributed by atoms with van der Waals surface area (Å²) >= 11 is 0. The van der Waals surface area contributed by atoms with E-state index in [-0.39, 0.29) is 17.3 Å². The third-order valence-corrected chi connectivity index (χ3v) is 2.78. The van der Waals surface area contributed by atoms with Crippen LogP contribution < -0.4 is 11.3 Å². The molecule has 1 aromatic heterocycles. The number of amides is 1. The molecule has 3 N–H and O–H groups in total. The molecule has 0 spiro atoms. The maximum absolute atomic E-state index is 11.7. The van der Waals surface area contributed by atoms with E-state index in [1.807, 2.05) is 6.92 Å². The molecule has 1 atom stereocenters. The number of fused-ring (bicyclic) bond motifs is 1. The molecule has 1 aliphatic carbocycles. The number of carbonyl (C=O) groups is 2. The van der Waals surface area contributed by atoms with Gasteiger partial charge < -0.3 is 10.7 Å². The van der Waals surface area contributed by atoms with Gasteiger partial charge in [-0.25, -0.2) is 0 Å². The first kappa shape index (κ1) is 10.6. The van der Waals surface area contributed by atoms with E-state index in [0.717, 1.165) is 0 Å². The van der Waals surface area contributed by atoms with Gasteiger partial charge in [0.15, 0.2) is 5.78 Å². The van der Waals surface area contributed by atoms with E-state index in [9.17, 15) is 14.4 Å². The molecule has 0 aromatic carbocycles. The van der Waals surface area contributed by atoms with Crippen molar-refractivity contribution in [3.63, 3.8) is 0 Å². The number of H-pyrrole nitrogens is 1. The highest BCUT2D eigenvalue weighted by molar-refractivity contribution is 6.01. The molecule has 5 nitrogen and oxygen atoms in total.